The van der Waals surface area contributed by atoms with Gasteiger partial charge in [-0.25, -0.2) is 4.39 Å². The highest BCUT2D eigenvalue weighted by molar-refractivity contribution is 6.17. The minimum atomic E-state index is -0.562. The van der Waals surface area contributed by atoms with Crippen molar-refractivity contribution in [1.82, 2.24) is 0 Å². The Hall–Kier alpha value is -2.14. The molecule has 0 N–H and O–H groups in total. The summed E-state index contributed by atoms with van der Waals surface area (Å²) in [6.07, 6.45) is 0. The second kappa shape index (κ2) is 6.34. The number of rotatable bonds is 5. The topological polar surface area (TPSA) is 52.4 Å². The second-order valence-electron chi connectivity index (χ2n) is 4.10. The minimum absolute atomic E-state index is 0.0835. The van der Waals surface area contributed by atoms with Crippen molar-refractivity contribution < 1.29 is 14.1 Å². The maximum Gasteiger partial charge on any atom is 0.276 e. The minimum Gasteiger partial charge on any atom is -0.489 e. The molecule has 0 heterocycles. The predicted molar refractivity (Wildman–Crippen MR) is 73.4 cm³/mol. The molecule has 0 fully saturated rings. The van der Waals surface area contributed by atoms with Gasteiger partial charge in [0.2, 0.25) is 0 Å². The SMILES string of the molecule is O=[N+]([O-])c1ccc(F)cc1COc1cccc(CCl)c1. The summed E-state index contributed by atoms with van der Waals surface area (Å²) in [6, 6.07) is 10.3. The number of alkyl halides is 1. The molecule has 104 valence electrons. The van der Waals surface area contributed by atoms with Crippen molar-refractivity contribution in [3.8, 4) is 5.75 Å². The van der Waals surface area contributed by atoms with Crippen molar-refractivity contribution in [1.29, 1.82) is 0 Å². The maximum absolute atomic E-state index is 13.2. The van der Waals surface area contributed by atoms with Gasteiger partial charge in [0, 0.05) is 11.9 Å². The van der Waals surface area contributed by atoms with Gasteiger partial charge >= 0.3 is 0 Å². The molecule has 0 radical (unpaired) electrons. The monoisotopic (exact) mass is 295 g/mol. The van der Waals surface area contributed by atoms with E-state index in [2.05, 4.69) is 0 Å². The molecule has 0 aromatic heterocycles. The van der Waals surface area contributed by atoms with E-state index in [4.69, 9.17) is 16.3 Å². The van der Waals surface area contributed by atoms with E-state index in [9.17, 15) is 14.5 Å². The van der Waals surface area contributed by atoms with E-state index < -0.39 is 10.7 Å². The molecular weight excluding hydrogens is 285 g/mol. The zero-order valence-corrected chi connectivity index (χ0v) is 11.1. The van der Waals surface area contributed by atoms with Crippen LogP contribution in [0.2, 0.25) is 0 Å². The van der Waals surface area contributed by atoms with Crippen molar-refractivity contribution >= 4 is 17.3 Å². The zero-order chi connectivity index (χ0) is 14.5. The molecule has 0 aliphatic rings. The van der Waals surface area contributed by atoms with Crippen LogP contribution in [0.15, 0.2) is 42.5 Å². The van der Waals surface area contributed by atoms with E-state index in [1.807, 2.05) is 6.07 Å². The molecule has 0 bridgehead atoms. The predicted octanol–water partition coefficient (Wildman–Crippen LogP) is 4.05. The van der Waals surface area contributed by atoms with Crippen LogP contribution in [-0.4, -0.2) is 4.92 Å². The lowest BCUT2D eigenvalue weighted by atomic mass is 10.2. The van der Waals surface area contributed by atoms with E-state index in [0.29, 0.717) is 11.6 Å². The van der Waals surface area contributed by atoms with Gasteiger partial charge in [-0.3, -0.25) is 10.1 Å². The summed E-state index contributed by atoms with van der Waals surface area (Å²) in [5.74, 6) is 0.336. The highest BCUT2D eigenvalue weighted by atomic mass is 35.5. The smallest absolute Gasteiger partial charge is 0.276 e. The number of halogens is 2. The highest BCUT2D eigenvalue weighted by Gasteiger charge is 2.14. The van der Waals surface area contributed by atoms with Gasteiger partial charge in [0.25, 0.3) is 5.69 Å². The van der Waals surface area contributed by atoms with E-state index in [1.54, 1.807) is 18.2 Å². The Morgan fingerprint density at radius 2 is 2.05 bits per heavy atom. The third kappa shape index (κ3) is 3.45. The molecule has 2 aromatic carbocycles. The maximum atomic E-state index is 13.2. The molecule has 20 heavy (non-hydrogen) atoms. The lowest BCUT2D eigenvalue weighted by molar-refractivity contribution is -0.385. The summed E-state index contributed by atoms with van der Waals surface area (Å²) in [5.41, 5.74) is 0.893. The summed E-state index contributed by atoms with van der Waals surface area (Å²) in [4.78, 5) is 10.3. The average molecular weight is 296 g/mol. The number of hydrogen-bond acceptors (Lipinski definition) is 3. The molecule has 0 spiro atoms. The van der Waals surface area contributed by atoms with Gasteiger partial charge in [0.1, 0.15) is 18.2 Å². The third-order valence-electron chi connectivity index (χ3n) is 2.69. The number of hydrogen-bond donors (Lipinski definition) is 0. The highest BCUT2D eigenvalue weighted by Crippen LogP contribution is 2.22. The molecule has 0 aliphatic heterocycles. The Bertz CT molecular complexity index is 634. The number of nitro benzene ring substituents is 1. The molecule has 0 unspecified atom stereocenters. The molecule has 0 saturated heterocycles. The first-order chi connectivity index (χ1) is 9.60. The van der Waals surface area contributed by atoms with Gasteiger partial charge < -0.3 is 4.74 Å². The van der Waals surface area contributed by atoms with Gasteiger partial charge in [-0.15, -0.1) is 11.6 Å². The Balaban J connectivity index is 2.17. The summed E-state index contributed by atoms with van der Waals surface area (Å²) >= 11 is 5.71. The van der Waals surface area contributed by atoms with Gasteiger partial charge in [-0.1, -0.05) is 12.1 Å². The lowest BCUT2D eigenvalue weighted by Crippen LogP contribution is -2.01. The number of ether oxygens (including phenoxy) is 1. The third-order valence-corrected chi connectivity index (χ3v) is 2.99. The fourth-order valence-electron chi connectivity index (χ4n) is 1.73. The van der Waals surface area contributed by atoms with E-state index in [-0.39, 0.29) is 17.9 Å². The van der Waals surface area contributed by atoms with Crippen molar-refractivity contribution in [3.63, 3.8) is 0 Å². The summed E-state index contributed by atoms with van der Waals surface area (Å²) in [6.45, 7) is -0.0835. The fourth-order valence-corrected chi connectivity index (χ4v) is 1.89. The molecule has 0 atom stereocenters. The Labute approximate surface area is 119 Å². The Kier molecular flexibility index (Phi) is 4.53. The molecule has 6 heteroatoms. The van der Waals surface area contributed by atoms with Crippen LogP contribution in [-0.2, 0) is 12.5 Å². The number of nitro groups is 1. The standard InChI is InChI=1S/C14H11ClFNO3/c15-8-10-2-1-3-13(6-10)20-9-11-7-12(16)4-5-14(11)17(18)19/h1-7H,8-9H2. The van der Waals surface area contributed by atoms with Crippen molar-refractivity contribution in [2.45, 2.75) is 12.5 Å². The van der Waals surface area contributed by atoms with Crippen LogP contribution in [0.4, 0.5) is 10.1 Å². The molecule has 0 amide bonds. The normalized spacial score (nSPS) is 10.3. The average Bonchev–Trinajstić information content (AvgIpc) is 2.45. The van der Waals surface area contributed by atoms with Gasteiger partial charge in [0.05, 0.1) is 10.5 Å². The Morgan fingerprint density at radius 1 is 1.25 bits per heavy atom. The van der Waals surface area contributed by atoms with Gasteiger partial charge in [0.15, 0.2) is 0 Å². The molecular formula is C14H11ClFNO3. The van der Waals surface area contributed by atoms with Gasteiger partial charge in [-0.05, 0) is 29.8 Å². The number of benzene rings is 2. The first-order valence-corrected chi connectivity index (χ1v) is 6.34. The lowest BCUT2D eigenvalue weighted by Gasteiger charge is -2.08. The molecule has 2 rings (SSSR count). The van der Waals surface area contributed by atoms with Crippen molar-refractivity contribution in [2.75, 3.05) is 0 Å². The first kappa shape index (κ1) is 14.3. The van der Waals surface area contributed by atoms with Crippen molar-refractivity contribution in [2.24, 2.45) is 0 Å². The fraction of sp³-hybridized carbons (Fsp3) is 0.143. The van der Waals surface area contributed by atoms with Crippen LogP contribution in [0.5, 0.6) is 5.75 Å². The molecule has 2 aromatic rings. The Morgan fingerprint density at radius 3 is 2.75 bits per heavy atom. The first-order valence-electron chi connectivity index (χ1n) is 5.80. The summed E-state index contributed by atoms with van der Waals surface area (Å²) in [7, 11) is 0. The van der Waals surface area contributed by atoms with Crippen LogP contribution in [0.1, 0.15) is 11.1 Å². The van der Waals surface area contributed by atoms with Crippen LogP contribution < -0.4 is 4.74 Å². The zero-order valence-electron chi connectivity index (χ0n) is 10.4. The summed E-state index contributed by atoms with van der Waals surface area (Å²) in [5, 5.41) is 10.9. The summed E-state index contributed by atoms with van der Waals surface area (Å²) < 4.78 is 18.6. The molecule has 4 nitrogen and oxygen atoms in total. The second-order valence-corrected chi connectivity index (χ2v) is 4.37. The van der Waals surface area contributed by atoms with E-state index in [1.165, 1.54) is 0 Å². The van der Waals surface area contributed by atoms with Crippen LogP contribution >= 0.6 is 11.6 Å². The quantitative estimate of drug-likeness (QED) is 0.475. The van der Waals surface area contributed by atoms with Crippen LogP contribution in [0.3, 0.4) is 0 Å². The van der Waals surface area contributed by atoms with Crippen molar-refractivity contribution in [3.05, 3.63) is 69.5 Å². The largest absolute Gasteiger partial charge is 0.489 e. The van der Waals surface area contributed by atoms with Gasteiger partial charge in [-0.2, -0.15) is 0 Å². The van der Waals surface area contributed by atoms with Crippen LogP contribution in [0, 0.1) is 15.9 Å². The van der Waals surface area contributed by atoms with E-state index in [0.717, 1.165) is 23.8 Å². The molecule has 0 saturated carbocycles. The molecule has 0 aliphatic carbocycles. The number of nitrogens with zero attached hydrogens (tertiary/aromatic N) is 1. The van der Waals surface area contributed by atoms with Crippen LogP contribution in [0.25, 0.3) is 0 Å². The van der Waals surface area contributed by atoms with E-state index >= 15 is 0 Å².